The minimum Gasteiger partial charge on any atom is -0.497 e. The molecule has 110 valence electrons. The third-order valence-electron chi connectivity index (χ3n) is 3.95. The lowest BCUT2D eigenvalue weighted by atomic mass is 9.88. The lowest BCUT2D eigenvalue weighted by Crippen LogP contribution is -2.27. The molecule has 2 aromatic rings. The van der Waals surface area contributed by atoms with Crippen LogP contribution >= 0.6 is 11.6 Å². The number of fused-ring (bicyclic) bond motifs is 1. The van der Waals surface area contributed by atoms with Crippen LogP contribution in [0.5, 0.6) is 5.75 Å². The highest BCUT2D eigenvalue weighted by Crippen LogP contribution is 2.29. The van der Waals surface area contributed by atoms with Crippen molar-refractivity contribution in [3.05, 3.63) is 58.4 Å². The Balaban J connectivity index is 1.78. The molecule has 1 atom stereocenters. The summed E-state index contributed by atoms with van der Waals surface area (Å²) in [4.78, 5) is 0. The van der Waals surface area contributed by atoms with E-state index in [4.69, 9.17) is 16.3 Å². The second-order valence-electron chi connectivity index (χ2n) is 5.32. The molecule has 0 radical (unpaired) electrons. The number of anilines is 1. The third-order valence-corrected chi connectivity index (χ3v) is 4.25. The largest absolute Gasteiger partial charge is 0.497 e. The summed E-state index contributed by atoms with van der Waals surface area (Å²) in [5, 5.41) is 3.42. The number of benzene rings is 2. The highest BCUT2D eigenvalue weighted by Gasteiger charge is 2.20. The maximum Gasteiger partial charge on any atom is 0.164 e. The number of halogens is 2. The van der Waals surface area contributed by atoms with Crippen LogP contribution in [0.15, 0.2) is 36.4 Å². The summed E-state index contributed by atoms with van der Waals surface area (Å²) in [5.74, 6) is 0.485. The van der Waals surface area contributed by atoms with Crippen molar-refractivity contribution in [2.75, 3.05) is 12.4 Å². The first-order valence-corrected chi connectivity index (χ1v) is 7.41. The van der Waals surface area contributed by atoms with Crippen molar-refractivity contribution in [3.8, 4) is 5.75 Å². The maximum atomic E-state index is 14.0. The minimum atomic E-state index is -0.379. The first-order chi connectivity index (χ1) is 10.2. The van der Waals surface area contributed by atoms with Crippen LogP contribution in [0.3, 0.4) is 0 Å². The Morgan fingerprint density at radius 1 is 1.24 bits per heavy atom. The van der Waals surface area contributed by atoms with Crippen molar-refractivity contribution in [1.29, 1.82) is 0 Å². The molecule has 1 aliphatic rings. The number of ether oxygens (including phenoxy) is 1. The molecule has 0 amide bonds. The highest BCUT2D eigenvalue weighted by atomic mass is 35.5. The van der Waals surface area contributed by atoms with Gasteiger partial charge in [0.05, 0.1) is 17.8 Å². The van der Waals surface area contributed by atoms with Gasteiger partial charge in [-0.1, -0.05) is 23.7 Å². The number of hydrogen-bond acceptors (Lipinski definition) is 2. The van der Waals surface area contributed by atoms with E-state index in [1.54, 1.807) is 25.3 Å². The SMILES string of the molecule is COc1ccc2c(c1)CC(Nc1cccc(Cl)c1F)CC2. The van der Waals surface area contributed by atoms with E-state index >= 15 is 0 Å². The monoisotopic (exact) mass is 305 g/mol. The molecule has 21 heavy (non-hydrogen) atoms. The van der Waals surface area contributed by atoms with Gasteiger partial charge in [-0.2, -0.15) is 0 Å². The normalized spacial score (nSPS) is 17.2. The topological polar surface area (TPSA) is 21.3 Å². The van der Waals surface area contributed by atoms with Crippen LogP contribution in [0.1, 0.15) is 17.5 Å². The van der Waals surface area contributed by atoms with Gasteiger partial charge in [-0.3, -0.25) is 0 Å². The zero-order chi connectivity index (χ0) is 14.8. The van der Waals surface area contributed by atoms with Gasteiger partial charge in [0, 0.05) is 6.04 Å². The zero-order valence-corrected chi connectivity index (χ0v) is 12.6. The lowest BCUT2D eigenvalue weighted by molar-refractivity contribution is 0.413. The van der Waals surface area contributed by atoms with E-state index in [1.165, 1.54) is 11.1 Å². The van der Waals surface area contributed by atoms with Gasteiger partial charge in [0.2, 0.25) is 0 Å². The van der Waals surface area contributed by atoms with E-state index < -0.39 is 0 Å². The predicted molar refractivity (Wildman–Crippen MR) is 83.8 cm³/mol. The standard InChI is InChI=1S/C17H17ClFNO/c1-21-14-8-6-11-5-7-13(9-12(11)10-14)20-16-4-2-3-15(18)17(16)19/h2-4,6,8,10,13,20H,5,7,9H2,1H3. The predicted octanol–water partition coefficient (Wildman–Crippen LogP) is 4.46. The molecule has 0 aliphatic heterocycles. The Morgan fingerprint density at radius 2 is 2.10 bits per heavy atom. The Hall–Kier alpha value is -1.74. The Bertz CT molecular complexity index is 659. The van der Waals surface area contributed by atoms with Crippen LogP contribution in [0.2, 0.25) is 5.02 Å². The smallest absolute Gasteiger partial charge is 0.164 e. The molecule has 2 aromatic carbocycles. The van der Waals surface area contributed by atoms with Gasteiger partial charge in [-0.05, 0) is 54.7 Å². The minimum absolute atomic E-state index is 0.151. The first-order valence-electron chi connectivity index (χ1n) is 7.03. The quantitative estimate of drug-likeness (QED) is 0.904. The number of nitrogens with one attached hydrogen (secondary N) is 1. The van der Waals surface area contributed by atoms with Gasteiger partial charge < -0.3 is 10.1 Å². The number of methoxy groups -OCH3 is 1. The molecule has 1 N–H and O–H groups in total. The van der Waals surface area contributed by atoms with Crippen molar-refractivity contribution < 1.29 is 9.13 Å². The number of rotatable bonds is 3. The zero-order valence-electron chi connectivity index (χ0n) is 11.8. The summed E-state index contributed by atoms with van der Waals surface area (Å²) in [5.41, 5.74) is 3.08. The second-order valence-corrected chi connectivity index (χ2v) is 5.73. The summed E-state index contributed by atoms with van der Waals surface area (Å²) >= 11 is 5.82. The molecule has 3 rings (SSSR count). The van der Waals surface area contributed by atoms with E-state index in [-0.39, 0.29) is 16.9 Å². The Morgan fingerprint density at radius 3 is 2.90 bits per heavy atom. The summed E-state index contributed by atoms with van der Waals surface area (Å²) in [6.07, 6.45) is 2.82. The molecule has 1 unspecified atom stereocenters. The van der Waals surface area contributed by atoms with Crippen molar-refractivity contribution in [2.24, 2.45) is 0 Å². The van der Waals surface area contributed by atoms with E-state index in [1.807, 2.05) is 6.07 Å². The Kier molecular flexibility index (Phi) is 4.02. The third kappa shape index (κ3) is 2.98. The summed E-state index contributed by atoms with van der Waals surface area (Å²) in [6.45, 7) is 0. The van der Waals surface area contributed by atoms with Crippen LogP contribution in [0, 0.1) is 5.82 Å². The van der Waals surface area contributed by atoms with Crippen molar-refractivity contribution in [2.45, 2.75) is 25.3 Å². The van der Waals surface area contributed by atoms with Crippen LogP contribution in [0.25, 0.3) is 0 Å². The molecule has 1 aliphatic carbocycles. The molecule has 4 heteroatoms. The van der Waals surface area contributed by atoms with Crippen LogP contribution in [-0.4, -0.2) is 13.2 Å². The van der Waals surface area contributed by atoms with Crippen molar-refractivity contribution in [3.63, 3.8) is 0 Å². The van der Waals surface area contributed by atoms with E-state index in [2.05, 4.69) is 17.4 Å². The Labute approximate surface area is 128 Å². The average molecular weight is 306 g/mol. The van der Waals surface area contributed by atoms with Gasteiger partial charge >= 0.3 is 0 Å². The number of hydrogen-bond donors (Lipinski definition) is 1. The fourth-order valence-electron chi connectivity index (χ4n) is 2.82. The lowest BCUT2D eigenvalue weighted by Gasteiger charge is -2.27. The molecule has 0 heterocycles. The van der Waals surface area contributed by atoms with E-state index in [9.17, 15) is 4.39 Å². The molecule has 0 aromatic heterocycles. The molecule has 2 nitrogen and oxygen atoms in total. The van der Waals surface area contributed by atoms with E-state index in [0.717, 1.165) is 25.0 Å². The van der Waals surface area contributed by atoms with E-state index in [0.29, 0.717) is 5.69 Å². The molecular weight excluding hydrogens is 289 g/mol. The summed E-state index contributed by atoms with van der Waals surface area (Å²) < 4.78 is 19.2. The van der Waals surface area contributed by atoms with Gasteiger partial charge in [-0.25, -0.2) is 4.39 Å². The molecule has 0 bridgehead atoms. The summed E-state index contributed by atoms with van der Waals surface area (Å²) in [6, 6.07) is 11.4. The van der Waals surface area contributed by atoms with Crippen LogP contribution in [0.4, 0.5) is 10.1 Å². The van der Waals surface area contributed by atoms with Crippen molar-refractivity contribution >= 4 is 17.3 Å². The summed E-state index contributed by atoms with van der Waals surface area (Å²) in [7, 11) is 1.67. The average Bonchev–Trinajstić information content (AvgIpc) is 2.51. The van der Waals surface area contributed by atoms with Crippen LogP contribution < -0.4 is 10.1 Å². The molecule has 0 saturated carbocycles. The van der Waals surface area contributed by atoms with Crippen LogP contribution in [-0.2, 0) is 12.8 Å². The maximum absolute atomic E-state index is 14.0. The fraction of sp³-hybridized carbons (Fsp3) is 0.294. The molecule has 0 fully saturated rings. The van der Waals surface area contributed by atoms with Gasteiger partial charge in [0.25, 0.3) is 0 Å². The van der Waals surface area contributed by atoms with Crippen molar-refractivity contribution in [1.82, 2.24) is 0 Å². The van der Waals surface area contributed by atoms with Gasteiger partial charge in [0.1, 0.15) is 5.75 Å². The first kappa shape index (κ1) is 14.2. The second kappa shape index (κ2) is 5.94. The molecule has 0 saturated heterocycles. The highest BCUT2D eigenvalue weighted by molar-refractivity contribution is 6.31. The van der Waals surface area contributed by atoms with Gasteiger partial charge in [0.15, 0.2) is 5.82 Å². The molecular formula is C17H17ClFNO. The van der Waals surface area contributed by atoms with Gasteiger partial charge in [-0.15, -0.1) is 0 Å². The molecule has 0 spiro atoms. The number of aryl methyl sites for hydroxylation is 1. The fourth-order valence-corrected chi connectivity index (χ4v) is 2.99.